The molecule has 1 saturated heterocycles. The molecule has 42 heavy (non-hydrogen) atoms. The van der Waals surface area contributed by atoms with Gasteiger partial charge in [-0.15, -0.1) is 0 Å². The molecule has 4 aromatic rings. The fourth-order valence-corrected chi connectivity index (χ4v) is 6.55. The molecule has 6 rings (SSSR count). The number of ether oxygens (including phenoxy) is 1. The fraction of sp³-hybridized carbons (Fsp3) is 0.235. The minimum Gasteiger partial charge on any atom is -0.488 e. The van der Waals surface area contributed by atoms with Crippen LogP contribution in [0.15, 0.2) is 94.8 Å². The lowest BCUT2D eigenvalue weighted by molar-refractivity contribution is -0.384. The molecule has 1 aliphatic carbocycles. The van der Waals surface area contributed by atoms with E-state index in [1.807, 2.05) is 78.6 Å². The SMILES string of the molecule is Cc1ccc(N=C2S/C(=C/c3c(OCc4ccc([N+](=O)[O-])cc4)ccc4ccccc34)C(=O)N2C2CCCCC2)cc1. The molecule has 4 aromatic carbocycles. The second kappa shape index (κ2) is 12.2. The summed E-state index contributed by atoms with van der Waals surface area (Å²) >= 11 is 1.42. The minimum atomic E-state index is -0.415. The van der Waals surface area contributed by atoms with Gasteiger partial charge in [0.25, 0.3) is 11.6 Å². The van der Waals surface area contributed by atoms with E-state index >= 15 is 0 Å². The Balaban J connectivity index is 1.37. The molecule has 0 spiro atoms. The Morgan fingerprint density at radius 2 is 1.71 bits per heavy atom. The van der Waals surface area contributed by atoms with Crippen molar-refractivity contribution in [3.8, 4) is 5.75 Å². The van der Waals surface area contributed by atoms with Crippen LogP contribution < -0.4 is 4.74 Å². The summed E-state index contributed by atoms with van der Waals surface area (Å²) in [6.45, 7) is 2.29. The maximum Gasteiger partial charge on any atom is 0.269 e. The molecule has 0 radical (unpaired) electrons. The van der Waals surface area contributed by atoms with Crippen molar-refractivity contribution in [2.45, 2.75) is 51.7 Å². The Kier molecular flexibility index (Phi) is 8.06. The monoisotopic (exact) mass is 577 g/mol. The summed E-state index contributed by atoms with van der Waals surface area (Å²) in [5.74, 6) is 0.619. The zero-order valence-corrected chi connectivity index (χ0v) is 24.2. The number of carbonyl (C=O) groups excluding carboxylic acids is 1. The predicted molar refractivity (Wildman–Crippen MR) is 169 cm³/mol. The molecule has 0 bridgehead atoms. The van der Waals surface area contributed by atoms with Crippen molar-refractivity contribution < 1.29 is 14.5 Å². The molecule has 1 heterocycles. The van der Waals surface area contributed by atoms with Gasteiger partial charge in [0.2, 0.25) is 0 Å². The van der Waals surface area contributed by atoms with Crippen LogP contribution in [0.4, 0.5) is 11.4 Å². The molecule has 0 unspecified atom stereocenters. The van der Waals surface area contributed by atoms with E-state index in [2.05, 4.69) is 0 Å². The number of amidine groups is 1. The summed E-state index contributed by atoms with van der Waals surface area (Å²) in [5.41, 5.74) is 3.67. The number of nitro groups is 1. The van der Waals surface area contributed by atoms with Crippen LogP contribution in [-0.4, -0.2) is 26.9 Å². The van der Waals surface area contributed by atoms with Crippen molar-refractivity contribution in [2.24, 2.45) is 4.99 Å². The number of nitro benzene ring substituents is 1. The number of benzene rings is 4. The Hall–Kier alpha value is -4.43. The summed E-state index contributed by atoms with van der Waals surface area (Å²) in [6, 6.07) is 26.5. The molecule has 1 aliphatic heterocycles. The number of non-ortho nitro benzene ring substituents is 1. The van der Waals surface area contributed by atoms with Crippen molar-refractivity contribution in [1.82, 2.24) is 4.90 Å². The molecule has 1 amide bonds. The van der Waals surface area contributed by atoms with E-state index in [0.717, 1.165) is 64.0 Å². The Bertz CT molecular complexity index is 1690. The van der Waals surface area contributed by atoms with E-state index in [0.29, 0.717) is 10.7 Å². The number of nitrogens with zero attached hydrogens (tertiary/aromatic N) is 3. The summed E-state index contributed by atoms with van der Waals surface area (Å²) < 4.78 is 6.28. The third-order valence-electron chi connectivity index (χ3n) is 7.78. The minimum absolute atomic E-state index is 0.0213. The number of thioether (sulfide) groups is 1. The number of carbonyl (C=O) groups is 1. The zero-order valence-electron chi connectivity index (χ0n) is 23.4. The molecular formula is C34H31N3O4S. The van der Waals surface area contributed by atoms with Crippen molar-refractivity contribution in [3.63, 3.8) is 0 Å². The average Bonchev–Trinajstić information content (AvgIpc) is 3.32. The van der Waals surface area contributed by atoms with E-state index in [1.165, 1.54) is 30.3 Å². The van der Waals surface area contributed by atoms with Gasteiger partial charge < -0.3 is 4.74 Å². The molecule has 2 fully saturated rings. The maximum atomic E-state index is 14.0. The van der Waals surface area contributed by atoms with E-state index in [9.17, 15) is 14.9 Å². The highest BCUT2D eigenvalue weighted by Gasteiger charge is 2.39. The van der Waals surface area contributed by atoms with Gasteiger partial charge in [0, 0.05) is 23.7 Å². The van der Waals surface area contributed by atoms with Crippen LogP contribution in [0.5, 0.6) is 5.75 Å². The van der Waals surface area contributed by atoms with Crippen LogP contribution in [0.2, 0.25) is 0 Å². The molecule has 212 valence electrons. The number of hydrogen-bond donors (Lipinski definition) is 0. The number of aryl methyl sites for hydroxylation is 1. The third kappa shape index (κ3) is 5.94. The van der Waals surface area contributed by atoms with E-state index in [1.54, 1.807) is 12.1 Å². The van der Waals surface area contributed by atoms with Crippen LogP contribution in [0.1, 0.15) is 48.8 Å². The highest BCUT2D eigenvalue weighted by molar-refractivity contribution is 8.18. The van der Waals surface area contributed by atoms with Crippen molar-refractivity contribution in [2.75, 3.05) is 0 Å². The highest BCUT2D eigenvalue weighted by atomic mass is 32.2. The standard InChI is InChI=1S/C34H31N3O4S/c1-23-11-16-26(17-12-23)35-34-36(27-8-3-2-4-9-27)33(38)32(42-34)21-30-29-10-6-5-7-25(29)15-20-31(30)41-22-24-13-18-28(19-14-24)37(39)40/h5-7,10-21,27H,2-4,8-9,22H2,1H3/b32-21+,35-34?. The van der Waals surface area contributed by atoms with E-state index in [4.69, 9.17) is 9.73 Å². The Morgan fingerprint density at radius 1 is 0.976 bits per heavy atom. The van der Waals surface area contributed by atoms with Crippen molar-refractivity contribution in [1.29, 1.82) is 0 Å². The lowest BCUT2D eigenvalue weighted by Crippen LogP contribution is -2.40. The molecule has 7 nitrogen and oxygen atoms in total. The first-order valence-electron chi connectivity index (χ1n) is 14.2. The highest BCUT2D eigenvalue weighted by Crippen LogP contribution is 2.41. The molecule has 1 saturated carbocycles. The summed E-state index contributed by atoms with van der Waals surface area (Å²) in [5, 5.41) is 13.8. The number of rotatable bonds is 7. The Labute approximate surface area is 249 Å². The Morgan fingerprint density at radius 3 is 2.45 bits per heavy atom. The van der Waals surface area contributed by atoms with Gasteiger partial charge in [-0.3, -0.25) is 19.8 Å². The summed E-state index contributed by atoms with van der Waals surface area (Å²) in [4.78, 5) is 32.1. The first kappa shape index (κ1) is 27.7. The van der Waals surface area contributed by atoms with Crippen LogP contribution in [0.25, 0.3) is 16.8 Å². The van der Waals surface area contributed by atoms with E-state index < -0.39 is 4.92 Å². The summed E-state index contributed by atoms with van der Waals surface area (Å²) in [6.07, 6.45) is 7.31. The molecule has 2 aliphatic rings. The van der Waals surface area contributed by atoms with Gasteiger partial charge in [-0.25, -0.2) is 4.99 Å². The zero-order chi connectivity index (χ0) is 29.1. The molecule has 8 heteroatoms. The van der Waals surface area contributed by atoms with Gasteiger partial charge in [-0.1, -0.05) is 67.3 Å². The van der Waals surface area contributed by atoms with Gasteiger partial charge in [-0.05, 0) is 84.3 Å². The lowest BCUT2D eigenvalue weighted by atomic mass is 9.94. The first-order valence-corrected chi connectivity index (χ1v) is 15.0. The fourth-order valence-electron chi connectivity index (χ4n) is 5.51. The smallest absolute Gasteiger partial charge is 0.269 e. The quantitative estimate of drug-likeness (QED) is 0.125. The number of fused-ring (bicyclic) bond motifs is 1. The normalized spacial score (nSPS) is 17.8. The second-order valence-corrected chi connectivity index (χ2v) is 11.7. The van der Waals surface area contributed by atoms with Crippen LogP contribution >= 0.6 is 11.8 Å². The van der Waals surface area contributed by atoms with E-state index in [-0.39, 0.29) is 24.2 Å². The first-order chi connectivity index (χ1) is 20.5. The second-order valence-electron chi connectivity index (χ2n) is 10.7. The maximum absolute atomic E-state index is 14.0. The largest absolute Gasteiger partial charge is 0.488 e. The van der Waals surface area contributed by atoms with Crippen LogP contribution in [0.3, 0.4) is 0 Å². The van der Waals surface area contributed by atoms with Gasteiger partial charge in [0.1, 0.15) is 12.4 Å². The van der Waals surface area contributed by atoms with Gasteiger partial charge in [0.05, 0.1) is 15.5 Å². The molecule has 0 N–H and O–H groups in total. The van der Waals surface area contributed by atoms with Gasteiger partial charge >= 0.3 is 0 Å². The average molecular weight is 578 g/mol. The molecule has 0 aromatic heterocycles. The number of hydrogen-bond acceptors (Lipinski definition) is 6. The lowest BCUT2D eigenvalue weighted by Gasteiger charge is -2.30. The molecule has 0 atom stereocenters. The topological polar surface area (TPSA) is 85.0 Å². The van der Waals surface area contributed by atoms with Crippen LogP contribution in [-0.2, 0) is 11.4 Å². The van der Waals surface area contributed by atoms with Crippen LogP contribution in [0, 0.1) is 17.0 Å². The molecular weight excluding hydrogens is 546 g/mol. The van der Waals surface area contributed by atoms with Gasteiger partial charge in [0.15, 0.2) is 5.17 Å². The predicted octanol–water partition coefficient (Wildman–Crippen LogP) is 8.57. The van der Waals surface area contributed by atoms with Gasteiger partial charge in [-0.2, -0.15) is 0 Å². The number of aliphatic imine (C=N–C) groups is 1. The van der Waals surface area contributed by atoms with Crippen molar-refractivity contribution >= 4 is 51.1 Å². The van der Waals surface area contributed by atoms with Crippen molar-refractivity contribution in [3.05, 3.63) is 117 Å². The summed E-state index contributed by atoms with van der Waals surface area (Å²) in [7, 11) is 0. The number of amides is 1. The third-order valence-corrected chi connectivity index (χ3v) is 8.77.